The Hall–Kier alpha value is -1.95. The molecule has 1 saturated carbocycles. The molecule has 1 aromatic heterocycles. The van der Waals surface area contributed by atoms with Gasteiger partial charge >= 0.3 is 6.03 Å². The summed E-state index contributed by atoms with van der Waals surface area (Å²) in [5.74, 6) is 0.453. The largest absolute Gasteiger partial charge is 0.338 e. The lowest BCUT2D eigenvalue weighted by atomic mass is 10.1. The van der Waals surface area contributed by atoms with E-state index in [1.54, 1.807) is 25.3 Å². The zero-order chi connectivity index (χ0) is 15.5. The van der Waals surface area contributed by atoms with Gasteiger partial charge in [-0.25, -0.2) is 14.2 Å². The zero-order valence-electron chi connectivity index (χ0n) is 12.4. The van der Waals surface area contributed by atoms with E-state index in [1.165, 1.54) is 24.2 Å². The number of thiazole rings is 1. The van der Waals surface area contributed by atoms with Crippen LogP contribution in [0.3, 0.4) is 0 Å². The number of nitrogens with zero attached hydrogens (tertiary/aromatic N) is 1. The summed E-state index contributed by atoms with van der Waals surface area (Å²) >= 11 is 1.41. The Kier molecular flexibility index (Phi) is 4.38. The second-order valence-electron chi connectivity index (χ2n) is 5.67. The maximum atomic E-state index is 13.5. The summed E-state index contributed by atoms with van der Waals surface area (Å²) in [6.07, 6.45) is 4.74. The Morgan fingerprint density at radius 2 is 2.27 bits per heavy atom. The van der Waals surface area contributed by atoms with Gasteiger partial charge in [0.2, 0.25) is 0 Å². The number of hydrogen-bond acceptors (Lipinski definition) is 3. The van der Waals surface area contributed by atoms with E-state index in [0.29, 0.717) is 23.0 Å². The molecule has 1 heterocycles. The molecule has 0 unspecified atom stereocenters. The number of amides is 2. The van der Waals surface area contributed by atoms with Crippen LogP contribution in [0.5, 0.6) is 0 Å². The number of carbonyl (C=O) groups excluding carboxylic acids is 1. The van der Waals surface area contributed by atoms with E-state index in [9.17, 15) is 9.18 Å². The summed E-state index contributed by atoms with van der Waals surface area (Å²) in [5.41, 5.74) is 1.54. The van der Waals surface area contributed by atoms with Crippen LogP contribution in [0.4, 0.5) is 14.3 Å². The van der Waals surface area contributed by atoms with Crippen molar-refractivity contribution in [2.24, 2.45) is 5.92 Å². The Balaban J connectivity index is 1.55. The summed E-state index contributed by atoms with van der Waals surface area (Å²) in [6, 6.07) is 5.02. The lowest BCUT2D eigenvalue weighted by molar-refractivity contribution is 0.251. The summed E-state index contributed by atoms with van der Waals surface area (Å²) in [6.45, 7) is 2.47. The first-order chi connectivity index (χ1) is 10.6. The molecule has 0 spiro atoms. The zero-order valence-corrected chi connectivity index (χ0v) is 13.2. The summed E-state index contributed by atoms with van der Waals surface area (Å²) < 4.78 is 13.5. The van der Waals surface area contributed by atoms with E-state index in [1.807, 2.05) is 6.07 Å². The topological polar surface area (TPSA) is 54.0 Å². The highest BCUT2D eigenvalue weighted by Crippen LogP contribution is 2.27. The Bertz CT molecular complexity index is 682. The van der Waals surface area contributed by atoms with Crippen LogP contribution >= 0.6 is 11.3 Å². The highest BCUT2D eigenvalue weighted by molar-refractivity contribution is 7.15. The van der Waals surface area contributed by atoms with Crippen LogP contribution in [0.2, 0.25) is 0 Å². The first kappa shape index (κ1) is 15.0. The standard InChI is InChI=1S/C16H18FN3OS/c1-10-2-3-12(7-14(10)17)6-13-9-19-16(22-13)20-15(21)18-8-11-4-5-11/h2-3,7,9,11H,4-6,8H2,1H3,(H2,18,19,20,21). The molecule has 0 radical (unpaired) electrons. The van der Waals surface area contributed by atoms with Gasteiger partial charge in [-0.15, -0.1) is 11.3 Å². The smallest absolute Gasteiger partial charge is 0.321 e. The first-order valence-electron chi connectivity index (χ1n) is 7.35. The molecule has 0 atom stereocenters. The fraction of sp³-hybridized carbons (Fsp3) is 0.375. The van der Waals surface area contributed by atoms with Gasteiger partial charge < -0.3 is 5.32 Å². The quantitative estimate of drug-likeness (QED) is 0.882. The molecule has 1 aliphatic rings. The fourth-order valence-electron chi connectivity index (χ4n) is 2.09. The summed E-state index contributed by atoms with van der Waals surface area (Å²) in [5, 5.41) is 6.13. The van der Waals surface area contributed by atoms with E-state index in [2.05, 4.69) is 15.6 Å². The van der Waals surface area contributed by atoms with Crippen molar-refractivity contribution in [3.05, 3.63) is 46.2 Å². The molecule has 3 rings (SSSR count). The van der Waals surface area contributed by atoms with Gasteiger partial charge in [0.1, 0.15) is 5.82 Å². The van der Waals surface area contributed by atoms with E-state index < -0.39 is 0 Å². The number of anilines is 1. The average Bonchev–Trinajstić information content (AvgIpc) is 3.22. The van der Waals surface area contributed by atoms with Crippen molar-refractivity contribution in [3.8, 4) is 0 Å². The molecule has 2 amide bonds. The number of urea groups is 1. The molecule has 1 fully saturated rings. The number of aromatic nitrogens is 1. The number of hydrogen-bond donors (Lipinski definition) is 2. The minimum Gasteiger partial charge on any atom is -0.338 e. The van der Waals surface area contributed by atoms with Gasteiger partial charge in [0.15, 0.2) is 5.13 Å². The molecule has 22 heavy (non-hydrogen) atoms. The van der Waals surface area contributed by atoms with Gasteiger partial charge in [-0.3, -0.25) is 5.32 Å². The van der Waals surface area contributed by atoms with Crippen LogP contribution in [0.15, 0.2) is 24.4 Å². The fourth-order valence-corrected chi connectivity index (χ4v) is 2.94. The third kappa shape index (κ3) is 4.04. The van der Waals surface area contributed by atoms with Crippen LogP contribution in [-0.4, -0.2) is 17.6 Å². The number of halogens is 1. The van der Waals surface area contributed by atoms with Crippen molar-refractivity contribution >= 4 is 22.5 Å². The van der Waals surface area contributed by atoms with Crippen molar-refractivity contribution < 1.29 is 9.18 Å². The highest BCUT2D eigenvalue weighted by atomic mass is 32.1. The van der Waals surface area contributed by atoms with E-state index in [4.69, 9.17) is 0 Å². The minimum absolute atomic E-state index is 0.195. The van der Waals surface area contributed by atoms with Gasteiger partial charge in [-0.2, -0.15) is 0 Å². The Morgan fingerprint density at radius 3 is 3.00 bits per heavy atom. The normalized spacial score (nSPS) is 13.9. The molecule has 1 aromatic carbocycles. The van der Waals surface area contributed by atoms with Crippen LogP contribution < -0.4 is 10.6 Å². The van der Waals surface area contributed by atoms with Crippen molar-refractivity contribution in [2.45, 2.75) is 26.2 Å². The maximum Gasteiger partial charge on any atom is 0.321 e. The van der Waals surface area contributed by atoms with Crippen molar-refractivity contribution in [3.63, 3.8) is 0 Å². The highest BCUT2D eigenvalue weighted by Gasteiger charge is 2.21. The van der Waals surface area contributed by atoms with E-state index >= 15 is 0 Å². The van der Waals surface area contributed by atoms with Crippen molar-refractivity contribution in [1.29, 1.82) is 0 Å². The third-order valence-electron chi connectivity index (χ3n) is 3.64. The predicted molar refractivity (Wildman–Crippen MR) is 85.8 cm³/mol. The number of rotatable bonds is 5. The Morgan fingerprint density at radius 1 is 1.45 bits per heavy atom. The molecule has 0 bridgehead atoms. The average molecular weight is 319 g/mol. The SMILES string of the molecule is Cc1ccc(Cc2cnc(NC(=O)NCC3CC3)s2)cc1F. The van der Waals surface area contributed by atoms with Crippen molar-refractivity contribution in [1.82, 2.24) is 10.3 Å². The second kappa shape index (κ2) is 6.44. The number of carbonyl (C=O) groups is 1. The molecular formula is C16H18FN3OS. The summed E-state index contributed by atoms with van der Waals surface area (Å²) in [4.78, 5) is 16.9. The second-order valence-corrected chi connectivity index (χ2v) is 6.79. The monoisotopic (exact) mass is 319 g/mol. The molecule has 4 nitrogen and oxygen atoms in total. The lowest BCUT2D eigenvalue weighted by Gasteiger charge is -2.03. The molecule has 2 aromatic rings. The summed E-state index contributed by atoms with van der Waals surface area (Å²) in [7, 11) is 0. The molecule has 6 heteroatoms. The van der Waals surface area contributed by atoms with Gasteiger partial charge in [-0.05, 0) is 42.9 Å². The number of aryl methyl sites for hydroxylation is 1. The minimum atomic E-state index is -0.214. The molecule has 1 aliphatic carbocycles. The molecule has 2 N–H and O–H groups in total. The van der Waals surface area contributed by atoms with Crippen LogP contribution in [0.25, 0.3) is 0 Å². The van der Waals surface area contributed by atoms with Crippen molar-refractivity contribution in [2.75, 3.05) is 11.9 Å². The number of nitrogens with one attached hydrogen (secondary N) is 2. The maximum absolute atomic E-state index is 13.5. The van der Waals surface area contributed by atoms with Crippen LogP contribution in [0, 0.1) is 18.7 Å². The molecule has 0 aliphatic heterocycles. The van der Waals surface area contributed by atoms with E-state index in [0.717, 1.165) is 17.0 Å². The van der Waals surface area contributed by atoms with Gasteiger partial charge in [-0.1, -0.05) is 12.1 Å². The van der Waals surface area contributed by atoms with Crippen LogP contribution in [-0.2, 0) is 6.42 Å². The van der Waals surface area contributed by atoms with Gasteiger partial charge in [0.05, 0.1) is 0 Å². The van der Waals surface area contributed by atoms with Gasteiger partial charge in [0.25, 0.3) is 0 Å². The molecule has 0 saturated heterocycles. The predicted octanol–water partition coefficient (Wildman–Crippen LogP) is 3.71. The third-order valence-corrected chi connectivity index (χ3v) is 4.55. The van der Waals surface area contributed by atoms with Gasteiger partial charge in [0, 0.05) is 24.0 Å². The Labute approximate surface area is 132 Å². The number of benzene rings is 1. The first-order valence-corrected chi connectivity index (χ1v) is 8.16. The van der Waals surface area contributed by atoms with Crippen LogP contribution in [0.1, 0.15) is 28.8 Å². The molecular weight excluding hydrogens is 301 g/mol. The lowest BCUT2D eigenvalue weighted by Crippen LogP contribution is -2.30. The van der Waals surface area contributed by atoms with E-state index in [-0.39, 0.29) is 11.8 Å². The molecule has 116 valence electrons.